The van der Waals surface area contributed by atoms with Crippen LogP contribution in [0.5, 0.6) is 5.75 Å². The molecule has 0 atom stereocenters. The average molecular weight is 533 g/mol. The van der Waals surface area contributed by atoms with Crippen LogP contribution in [0.2, 0.25) is 11.8 Å². The first-order valence-electron chi connectivity index (χ1n) is 13.1. The van der Waals surface area contributed by atoms with Crippen molar-refractivity contribution in [3.05, 3.63) is 29.3 Å². The molecule has 0 saturated heterocycles. The predicted molar refractivity (Wildman–Crippen MR) is 129 cm³/mol. The molecule has 0 heterocycles. The Morgan fingerprint density at radius 1 is 0.839 bits per heavy atom. The first kappa shape index (κ1) is 23.4. The Balaban J connectivity index is 1.65. The normalized spacial score (nSPS) is 22.4. The van der Waals surface area contributed by atoms with Gasteiger partial charge in [0, 0.05) is 0 Å². The van der Waals surface area contributed by atoms with Crippen molar-refractivity contribution in [1.29, 1.82) is 0 Å². The van der Waals surface area contributed by atoms with Crippen molar-refractivity contribution in [1.82, 2.24) is 0 Å². The van der Waals surface area contributed by atoms with E-state index in [0.717, 1.165) is 22.9 Å². The van der Waals surface area contributed by atoms with Gasteiger partial charge in [0.25, 0.3) is 0 Å². The van der Waals surface area contributed by atoms with Crippen LogP contribution in [-0.2, 0) is 14.3 Å². The summed E-state index contributed by atoms with van der Waals surface area (Å²) >= 11 is -3.29. The summed E-state index contributed by atoms with van der Waals surface area (Å²) in [6.07, 6.45) is 20.2. The Morgan fingerprint density at radius 2 is 1.29 bits per heavy atom. The second-order valence-corrected chi connectivity index (χ2v) is 23.0. The van der Waals surface area contributed by atoms with Crippen molar-refractivity contribution < 1.29 is 13.0 Å². The zero-order valence-corrected chi connectivity index (χ0v) is 22.4. The first-order chi connectivity index (χ1) is 15.1. The number of hydrogen-bond donors (Lipinski definition) is 1. The minimum atomic E-state index is -3.29. The molecule has 0 amide bonds. The van der Waals surface area contributed by atoms with Gasteiger partial charge in [-0.25, -0.2) is 0 Å². The molecular weight excluding hydrogens is 491 g/mol. The summed E-state index contributed by atoms with van der Waals surface area (Å²) < 4.78 is 9.19. The summed E-state index contributed by atoms with van der Waals surface area (Å²) in [5.41, 5.74) is 1.58. The SMILES string of the molecule is Cc1cccc(CC(=O)[O][Sn]([CH]2CCCCC2)([CH]2CCCCC2)[CH]2CCCCC2)c1O. The maximum absolute atomic E-state index is 13.5. The fourth-order valence-electron chi connectivity index (χ4n) is 7.16. The third kappa shape index (κ3) is 5.28. The summed E-state index contributed by atoms with van der Waals surface area (Å²) in [4.78, 5) is 13.5. The minimum absolute atomic E-state index is 0.0292. The van der Waals surface area contributed by atoms with Crippen LogP contribution in [0.3, 0.4) is 0 Å². The van der Waals surface area contributed by atoms with Gasteiger partial charge in [-0.3, -0.25) is 0 Å². The van der Waals surface area contributed by atoms with Crippen molar-refractivity contribution >= 4 is 24.8 Å². The van der Waals surface area contributed by atoms with Crippen LogP contribution >= 0.6 is 0 Å². The summed E-state index contributed by atoms with van der Waals surface area (Å²) in [5, 5.41) is 10.5. The van der Waals surface area contributed by atoms with Gasteiger partial charge in [-0.1, -0.05) is 0 Å². The van der Waals surface area contributed by atoms with Crippen molar-refractivity contribution in [2.24, 2.45) is 0 Å². The van der Waals surface area contributed by atoms with E-state index >= 15 is 0 Å². The van der Waals surface area contributed by atoms with Crippen molar-refractivity contribution in [3.8, 4) is 5.75 Å². The average Bonchev–Trinajstić information content (AvgIpc) is 2.82. The van der Waals surface area contributed by atoms with E-state index in [9.17, 15) is 9.90 Å². The molecule has 4 rings (SSSR count). The Hall–Kier alpha value is -0.711. The molecule has 3 aliphatic rings. The molecule has 1 aromatic carbocycles. The van der Waals surface area contributed by atoms with Crippen LogP contribution in [0.15, 0.2) is 18.2 Å². The number of aromatic hydroxyl groups is 1. The molecule has 4 heteroatoms. The second-order valence-electron chi connectivity index (χ2n) is 10.6. The van der Waals surface area contributed by atoms with E-state index in [2.05, 4.69) is 0 Å². The maximum atomic E-state index is 13.5. The Labute approximate surface area is 193 Å². The van der Waals surface area contributed by atoms with Crippen molar-refractivity contribution in [3.63, 3.8) is 0 Å². The first-order valence-corrected chi connectivity index (χ1v) is 19.2. The van der Waals surface area contributed by atoms with Crippen LogP contribution in [-0.4, -0.2) is 29.9 Å². The molecule has 3 fully saturated rings. The molecule has 0 aromatic heterocycles. The van der Waals surface area contributed by atoms with Gasteiger partial charge in [0.15, 0.2) is 0 Å². The van der Waals surface area contributed by atoms with E-state index in [1.54, 1.807) is 0 Å². The zero-order chi connectivity index (χ0) is 21.7. The van der Waals surface area contributed by atoms with Crippen LogP contribution < -0.4 is 0 Å². The van der Waals surface area contributed by atoms with Gasteiger partial charge in [-0.2, -0.15) is 0 Å². The number of carbonyl (C=O) groups is 1. The van der Waals surface area contributed by atoms with E-state index in [-0.39, 0.29) is 18.1 Å². The number of phenolic OH excluding ortho intramolecular Hbond substituents is 1. The van der Waals surface area contributed by atoms with Gasteiger partial charge in [0.1, 0.15) is 0 Å². The number of rotatable bonds is 6. The van der Waals surface area contributed by atoms with E-state index in [1.165, 1.54) is 96.3 Å². The van der Waals surface area contributed by atoms with Gasteiger partial charge < -0.3 is 0 Å². The molecule has 0 spiro atoms. The summed E-state index contributed by atoms with van der Waals surface area (Å²) in [7, 11) is 0. The fraction of sp³-hybridized carbons (Fsp3) is 0.741. The molecule has 172 valence electrons. The molecule has 1 aromatic rings. The van der Waals surface area contributed by atoms with E-state index in [4.69, 9.17) is 3.07 Å². The predicted octanol–water partition coefficient (Wildman–Crippen LogP) is 7.73. The number of aryl methyl sites for hydroxylation is 1. The summed E-state index contributed by atoms with van der Waals surface area (Å²) in [6.45, 7) is 1.90. The standard InChI is InChI=1S/C9H10O3.3C6H11.Sn/c1-6-3-2-4-7(9(6)12)5-8(10)11;3*1-2-4-6-5-3-1;/h2-4,12H,5H2,1H3,(H,10,11);3*1H,2-6H2;/q;;;;+1/p-1. The Kier molecular flexibility index (Phi) is 8.27. The van der Waals surface area contributed by atoms with Crippen molar-refractivity contribution in [2.75, 3.05) is 0 Å². The zero-order valence-electron chi connectivity index (χ0n) is 19.5. The molecule has 3 nitrogen and oxygen atoms in total. The van der Waals surface area contributed by atoms with Gasteiger partial charge in [0.05, 0.1) is 0 Å². The molecule has 0 radical (unpaired) electrons. The third-order valence-electron chi connectivity index (χ3n) is 8.68. The molecule has 1 N–H and O–H groups in total. The van der Waals surface area contributed by atoms with Crippen LogP contribution in [0.25, 0.3) is 0 Å². The second kappa shape index (κ2) is 10.9. The number of hydrogen-bond acceptors (Lipinski definition) is 3. The summed E-state index contributed by atoms with van der Waals surface area (Å²) in [5.74, 6) is 0.242. The molecular formula is C27H42O3Sn. The molecule has 0 unspecified atom stereocenters. The van der Waals surface area contributed by atoms with Gasteiger partial charge >= 0.3 is 194 Å². The topological polar surface area (TPSA) is 46.5 Å². The van der Waals surface area contributed by atoms with E-state index in [1.807, 2.05) is 25.1 Å². The molecule has 3 aliphatic carbocycles. The fourth-order valence-corrected chi connectivity index (χ4v) is 26.9. The van der Waals surface area contributed by atoms with Crippen LogP contribution in [0.4, 0.5) is 0 Å². The molecule has 0 bridgehead atoms. The number of carbonyl (C=O) groups excluding carboxylic acids is 1. The van der Waals surface area contributed by atoms with Gasteiger partial charge in [-0.15, -0.1) is 0 Å². The molecule has 0 aliphatic heterocycles. The van der Waals surface area contributed by atoms with Crippen LogP contribution in [0.1, 0.15) is 107 Å². The van der Waals surface area contributed by atoms with Gasteiger partial charge in [0.2, 0.25) is 0 Å². The molecule has 3 saturated carbocycles. The number of phenols is 1. The van der Waals surface area contributed by atoms with Crippen LogP contribution in [0, 0.1) is 6.92 Å². The van der Waals surface area contributed by atoms with E-state index in [0.29, 0.717) is 0 Å². The third-order valence-corrected chi connectivity index (χ3v) is 26.2. The monoisotopic (exact) mass is 534 g/mol. The quantitative estimate of drug-likeness (QED) is 0.381. The van der Waals surface area contributed by atoms with Crippen molar-refractivity contribution in [2.45, 2.75) is 121 Å². The van der Waals surface area contributed by atoms with E-state index < -0.39 is 18.8 Å². The molecule has 31 heavy (non-hydrogen) atoms. The summed E-state index contributed by atoms with van der Waals surface area (Å²) in [6, 6.07) is 5.74. The number of benzene rings is 1. The Bertz CT molecular complexity index is 682. The Morgan fingerprint density at radius 3 is 1.74 bits per heavy atom. The number of para-hydroxylation sites is 1. The van der Waals surface area contributed by atoms with Gasteiger partial charge in [-0.05, 0) is 0 Å².